The summed E-state index contributed by atoms with van der Waals surface area (Å²) in [6.45, 7) is 7.39. The normalized spacial score (nSPS) is 19.1. The second-order valence-electron chi connectivity index (χ2n) is 8.98. The zero-order valence-electron chi connectivity index (χ0n) is 21.1. The van der Waals surface area contributed by atoms with Gasteiger partial charge in [-0.25, -0.2) is 4.99 Å². The molecule has 1 heterocycles. The van der Waals surface area contributed by atoms with Crippen LogP contribution in [0, 0.1) is 0 Å². The van der Waals surface area contributed by atoms with Crippen LogP contribution in [-0.2, 0) is 11.2 Å². The Hall–Kier alpha value is -2.73. The van der Waals surface area contributed by atoms with E-state index in [1.807, 2.05) is 48.2 Å². The van der Waals surface area contributed by atoms with E-state index in [1.54, 1.807) is 0 Å². The van der Waals surface area contributed by atoms with E-state index < -0.39 is 0 Å². The lowest BCUT2D eigenvalue weighted by atomic mass is 9.94. The van der Waals surface area contributed by atoms with Gasteiger partial charge in [0, 0.05) is 6.04 Å². The standard InChI is InChI=1S/C29H36N2O3S/c1-4-18-34-25-17-14-22(19-26(25)33-6-3)20-27-28(32)31(24-10-8-7-9-11-24)29(35-27)30-23-15-12-21(5-2)13-16-23/h12-17,19-20,24H,4-11,18H2,1-3H3/b27-20+,30-29?. The van der Waals surface area contributed by atoms with Crippen molar-refractivity contribution >= 4 is 34.6 Å². The summed E-state index contributed by atoms with van der Waals surface area (Å²) in [5.41, 5.74) is 3.09. The van der Waals surface area contributed by atoms with E-state index in [4.69, 9.17) is 14.5 Å². The molecule has 1 saturated heterocycles. The Morgan fingerprint density at radius 1 is 1.00 bits per heavy atom. The molecule has 1 amide bonds. The topological polar surface area (TPSA) is 51.1 Å². The second-order valence-corrected chi connectivity index (χ2v) is 9.99. The number of amides is 1. The first-order valence-electron chi connectivity index (χ1n) is 12.9. The van der Waals surface area contributed by atoms with Gasteiger partial charge in [-0.3, -0.25) is 9.69 Å². The molecule has 186 valence electrons. The van der Waals surface area contributed by atoms with Crippen LogP contribution >= 0.6 is 11.8 Å². The molecule has 35 heavy (non-hydrogen) atoms. The number of rotatable bonds is 9. The summed E-state index contributed by atoms with van der Waals surface area (Å²) in [6, 6.07) is 14.4. The smallest absolute Gasteiger partial charge is 0.267 e. The molecule has 4 rings (SSSR count). The molecule has 0 aromatic heterocycles. The molecule has 6 heteroatoms. The van der Waals surface area contributed by atoms with Gasteiger partial charge in [-0.15, -0.1) is 0 Å². The maximum absolute atomic E-state index is 13.6. The van der Waals surface area contributed by atoms with Gasteiger partial charge in [0.1, 0.15) is 0 Å². The molecule has 1 aliphatic carbocycles. The maximum Gasteiger partial charge on any atom is 0.267 e. The first kappa shape index (κ1) is 25.4. The minimum Gasteiger partial charge on any atom is -0.490 e. The number of carbonyl (C=O) groups excluding carboxylic acids is 1. The molecule has 0 radical (unpaired) electrons. The lowest BCUT2D eigenvalue weighted by Gasteiger charge is -2.30. The number of ether oxygens (including phenoxy) is 2. The van der Waals surface area contributed by atoms with Gasteiger partial charge in [-0.1, -0.05) is 51.3 Å². The zero-order valence-corrected chi connectivity index (χ0v) is 21.9. The Kier molecular flexibility index (Phi) is 8.91. The average Bonchev–Trinajstić information content (AvgIpc) is 3.18. The van der Waals surface area contributed by atoms with Crippen LogP contribution < -0.4 is 9.47 Å². The van der Waals surface area contributed by atoms with Gasteiger partial charge in [0.25, 0.3) is 5.91 Å². The summed E-state index contributed by atoms with van der Waals surface area (Å²) in [4.78, 5) is 21.2. The number of hydrogen-bond acceptors (Lipinski definition) is 5. The van der Waals surface area contributed by atoms with Crippen LogP contribution in [0.25, 0.3) is 6.08 Å². The highest BCUT2D eigenvalue weighted by molar-refractivity contribution is 8.18. The zero-order chi connectivity index (χ0) is 24.6. The number of aliphatic imine (C=N–C) groups is 1. The molecule has 5 nitrogen and oxygen atoms in total. The molecule has 0 N–H and O–H groups in total. The van der Waals surface area contributed by atoms with Crippen LogP contribution in [0.15, 0.2) is 52.4 Å². The Morgan fingerprint density at radius 3 is 2.46 bits per heavy atom. The molecule has 0 unspecified atom stereocenters. The fraction of sp³-hybridized carbons (Fsp3) is 0.448. The summed E-state index contributed by atoms with van der Waals surface area (Å²) in [7, 11) is 0. The molecule has 2 aromatic rings. The predicted molar refractivity (Wildman–Crippen MR) is 146 cm³/mol. The van der Waals surface area contributed by atoms with E-state index in [0.29, 0.717) is 23.9 Å². The van der Waals surface area contributed by atoms with Crippen molar-refractivity contribution < 1.29 is 14.3 Å². The van der Waals surface area contributed by atoms with Crippen molar-refractivity contribution in [2.45, 2.75) is 71.8 Å². The number of hydrogen-bond donors (Lipinski definition) is 0. The number of carbonyl (C=O) groups is 1. The third-order valence-electron chi connectivity index (χ3n) is 6.37. The molecule has 0 spiro atoms. The molecule has 1 aliphatic heterocycles. The average molecular weight is 493 g/mol. The van der Waals surface area contributed by atoms with Crippen molar-refractivity contribution in [1.82, 2.24) is 4.90 Å². The van der Waals surface area contributed by atoms with Gasteiger partial charge in [0.15, 0.2) is 16.7 Å². The van der Waals surface area contributed by atoms with E-state index in [1.165, 1.54) is 23.7 Å². The van der Waals surface area contributed by atoms with Crippen molar-refractivity contribution in [3.05, 3.63) is 58.5 Å². The van der Waals surface area contributed by atoms with Crippen LogP contribution in [0.3, 0.4) is 0 Å². The Balaban J connectivity index is 1.65. The molecule has 2 aromatic carbocycles. The van der Waals surface area contributed by atoms with Crippen LogP contribution in [0.4, 0.5) is 5.69 Å². The van der Waals surface area contributed by atoms with Crippen molar-refractivity contribution in [3.63, 3.8) is 0 Å². The van der Waals surface area contributed by atoms with E-state index in [9.17, 15) is 4.79 Å². The fourth-order valence-corrected chi connectivity index (χ4v) is 5.57. The molecule has 2 fully saturated rings. The highest BCUT2D eigenvalue weighted by atomic mass is 32.2. The fourth-order valence-electron chi connectivity index (χ4n) is 4.51. The van der Waals surface area contributed by atoms with Crippen LogP contribution in [0.1, 0.15) is 70.4 Å². The van der Waals surface area contributed by atoms with Gasteiger partial charge in [0.2, 0.25) is 0 Å². The number of aryl methyl sites for hydroxylation is 1. The summed E-state index contributed by atoms with van der Waals surface area (Å²) >= 11 is 1.47. The number of amidine groups is 1. The minimum atomic E-state index is 0.0510. The summed E-state index contributed by atoms with van der Waals surface area (Å²) in [6.07, 6.45) is 9.52. The monoisotopic (exact) mass is 492 g/mol. The van der Waals surface area contributed by atoms with Crippen molar-refractivity contribution in [2.24, 2.45) is 4.99 Å². The lowest BCUT2D eigenvalue weighted by molar-refractivity contribution is -0.124. The Labute approximate surface area is 213 Å². The number of benzene rings is 2. The summed E-state index contributed by atoms with van der Waals surface area (Å²) < 4.78 is 11.7. The third-order valence-corrected chi connectivity index (χ3v) is 7.36. The van der Waals surface area contributed by atoms with Crippen LogP contribution in [-0.4, -0.2) is 35.2 Å². The molecular formula is C29H36N2O3S. The minimum absolute atomic E-state index is 0.0510. The molecular weight excluding hydrogens is 456 g/mol. The predicted octanol–water partition coefficient (Wildman–Crippen LogP) is 7.37. The molecule has 2 aliphatic rings. The van der Waals surface area contributed by atoms with E-state index in [2.05, 4.69) is 26.0 Å². The van der Waals surface area contributed by atoms with Crippen molar-refractivity contribution in [2.75, 3.05) is 13.2 Å². The lowest BCUT2D eigenvalue weighted by Crippen LogP contribution is -2.40. The Bertz CT molecular complexity index is 1070. The first-order valence-corrected chi connectivity index (χ1v) is 13.7. The van der Waals surface area contributed by atoms with Gasteiger partial charge in [-0.05, 0) is 85.8 Å². The van der Waals surface area contributed by atoms with Gasteiger partial charge in [0.05, 0.1) is 23.8 Å². The molecule has 0 bridgehead atoms. The number of thioether (sulfide) groups is 1. The Morgan fingerprint density at radius 2 is 1.77 bits per heavy atom. The van der Waals surface area contributed by atoms with Gasteiger partial charge < -0.3 is 9.47 Å². The van der Waals surface area contributed by atoms with E-state index >= 15 is 0 Å². The van der Waals surface area contributed by atoms with E-state index in [-0.39, 0.29) is 11.9 Å². The van der Waals surface area contributed by atoms with E-state index in [0.717, 1.165) is 60.7 Å². The highest BCUT2D eigenvalue weighted by Gasteiger charge is 2.38. The largest absolute Gasteiger partial charge is 0.490 e. The first-order chi connectivity index (χ1) is 17.1. The van der Waals surface area contributed by atoms with Gasteiger partial charge in [-0.2, -0.15) is 0 Å². The molecule has 1 saturated carbocycles. The molecule has 0 atom stereocenters. The third kappa shape index (κ3) is 6.29. The summed E-state index contributed by atoms with van der Waals surface area (Å²) in [5.74, 6) is 1.50. The van der Waals surface area contributed by atoms with Crippen LogP contribution in [0.2, 0.25) is 0 Å². The number of nitrogens with zero attached hydrogens (tertiary/aromatic N) is 2. The summed E-state index contributed by atoms with van der Waals surface area (Å²) in [5, 5.41) is 0.783. The van der Waals surface area contributed by atoms with Gasteiger partial charge >= 0.3 is 0 Å². The van der Waals surface area contributed by atoms with Crippen molar-refractivity contribution in [3.8, 4) is 11.5 Å². The highest BCUT2D eigenvalue weighted by Crippen LogP contribution is 2.39. The van der Waals surface area contributed by atoms with Crippen molar-refractivity contribution in [1.29, 1.82) is 0 Å². The second kappa shape index (κ2) is 12.3. The van der Waals surface area contributed by atoms with Crippen LogP contribution in [0.5, 0.6) is 11.5 Å². The SMILES string of the molecule is CCCOc1ccc(/C=C2/SC(=Nc3ccc(CC)cc3)N(C3CCCCC3)C2=O)cc1OCC. The quantitative estimate of drug-likeness (QED) is 0.343. The maximum atomic E-state index is 13.6.